The lowest BCUT2D eigenvalue weighted by molar-refractivity contribution is 0.0672. The number of morpholine rings is 1. The van der Waals surface area contributed by atoms with Crippen molar-refractivity contribution in [3.63, 3.8) is 0 Å². The summed E-state index contributed by atoms with van der Waals surface area (Å²) in [5, 5.41) is 7.44. The molecule has 100 valence electrons. The first kappa shape index (κ1) is 15.8. The SMILES string of the molecule is N=C(N=C(N)N)N1CCOCC1.O=P(O)(O)O. The summed E-state index contributed by atoms with van der Waals surface area (Å²) in [4.78, 5) is 27.0. The maximum atomic E-state index is 8.88. The van der Waals surface area contributed by atoms with Gasteiger partial charge in [0.05, 0.1) is 13.2 Å². The van der Waals surface area contributed by atoms with E-state index < -0.39 is 7.82 Å². The molecule has 1 fully saturated rings. The summed E-state index contributed by atoms with van der Waals surface area (Å²) in [5.41, 5.74) is 10.3. The van der Waals surface area contributed by atoms with Crippen LogP contribution in [0.4, 0.5) is 0 Å². The largest absolute Gasteiger partial charge is 0.466 e. The number of guanidine groups is 2. The highest BCUT2D eigenvalue weighted by Crippen LogP contribution is 2.25. The van der Waals surface area contributed by atoms with Crippen molar-refractivity contribution in [1.82, 2.24) is 4.90 Å². The number of nitrogens with one attached hydrogen (secondary N) is 1. The Bertz CT molecular complexity index is 310. The summed E-state index contributed by atoms with van der Waals surface area (Å²) >= 11 is 0. The number of hydrogen-bond donors (Lipinski definition) is 6. The van der Waals surface area contributed by atoms with Gasteiger partial charge in [0.2, 0.25) is 5.96 Å². The molecule has 17 heavy (non-hydrogen) atoms. The third-order valence-electron chi connectivity index (χ3n) is 1.55. The molecule has 10 nitrogen and oxygen atoms in total. The Balaban J connectivity index is 0.000000437. The third-order valence-corrected chi connectivity index (χ3v) is 1.55. The van der Waals surface area contributed by atoms with E-state index in [4.69, 9.17) is 40.9 Å². The normalized spacial score (nSPS) is 15.6. The zero-order valence-corrected chi connectivity index (χ0v) is 9.88. The maximum Gasteiger partial charge on any atom is 0.466 e. The van der Waals surface area contributed by atoms with Crippen LogP contribution < -0.4 is 11.5 Å². The van der Waals surface area contributed by atoms with Crippen LogP contribution in [-0.2, 0) is 9.30 Å². The second kappa shape index (κ2) is 7.20. The smallest absolute Gasteiger partial charge is 0.378 e. The van der Waals surface area contributed by atoms with Crippen molar-refractivity contribution in [3.05, 3.63) is 0 Å². The van der Waals surface area contributed by atoms with Gasteiger partial charge in [0.1, 0.15) is 0 Å². The van der Waals surface area contributed by atoms with Gasteiger partial charge in [0, 0.05) is 13.1 Å². The topological polar surface area (TPSA) is 178 Å². The molecule has 0 aromatic rings. The summed E-state index contributed by atoms with van der Waals surface area (Å²) in [5.74, 6) is 0.0322. The molecule has 1 rings (SSSR count). The molecule has 0 aromatic carbocycles. The molecule has 1 heterocycles. The van der Waals surface area contributed by atoms with Gasteiger partial charge in [-0.25, -0.2) is 4.57 Å². The summed E-state index contributed by atoms with van der Waals surface area (Å²) < 4.78 is 14.0. The number of aliphatic imine (C=N–C) groups is 1. The molecule has 0 bridgehead atoms. The molecule has 0 aromatic heterocycles. The predicted molar refractivity (Wildman–Crippen MR) is 60.2 cm³/mol. The minimum Gasteiger partial charge on any atom is -0.378 e. The molecule has 0 amide bonds. The van der Waals surface area contributed by atoms with E-state index in [0.29, 0.717) is 26.3 Å². The van der Waals surface area contributed by atoms with Crippen LogP contribution in [0, 0.1) is 5.41 Å². The van der Waals surface area contributed by atoms with E-state index >= 15 is 0 Å². The Hall–Kier alpha value is -1.19. The standard InChI is InChI=1S/C6H13N5O.H3O4P/c7-5(8)10-6(9)11-1-3-12-4-2-11;1-5(2,3)4/h1-4H2,(H5,7,8,9,10);(H3,1,2,3,4). The molecule has 0 aliphatic carbocycles. The predicted octanol–water partition coefficient (Wildman–Crippen LogP) is -2.40. The average molecular weight is 269 g/mol. The molecular weight excluding hydrogens is 253 g/mol. The fraction of sp³-hybridized carbons (Fsp3) is 0.667. The van der Waals surface area contributed by atoms with E-state index in [1.54, 1.807) is 4.90 Å². The first-order chi connectivity index (χ1) is 7.70. The minimum absolute atomic E-state index is 0.0773. The molecule has 0 saturated carbocycles. The Morgan fingerprint density at radius 2 is 1.71 bits per heavy atom. The Labute approximate surface area is 97.6 Å². The van der Waals surface area contributed by atoms with Crippen LogP contribution >= 0.6 is 7.82 Å². The molecule has 0 atom stereocenters. The Morgan fingerprint density at radius 1 is 1.29 bits per heavy atom. The fourth-order valence-corrected chi connectivity index (χ4v) is 0.968. The number of hydrogen-bond acceptors (Lipinski definition) is 3. The molecule has 1 aliphatic heterocycles. The summed E-state index contributed by atoms with van der Waals surface area (Å²) in [7, 11) is -4.64. The third kappa shape index (κ3) is 11.1. The van der Waals surface area contributed by atoms with E-state index in [-0.39, 0.29) is 11.9 Å². The van der Waals surface area contributed by atoms with Crippen molar-refractivity contribution < 1.29 is 24.0 Å². The quantitative estimate of drug-likeness (QED) is 0.160. The average Bonchev–Trinajstić information content (AvgIpc) is 2.15. The monoisotopic (exact) mass is 269 g/mol. The molecule has 0 unspecified atom stereocenters. The zero-order valence-electron chi connectivity index (χ0n) is 8.98. The van der Waals surface area contributed by atoms with E-state index in [9.17, 15) is 0 Å². The van der Waals surface area contributed by atoms with Gasteiger partial charge in [-0.05, 0) is 0 Å². The molecule has 8 N–H and O–H groups in total. The van der Waals surface area contributed by atoms with Crippen LogP contribution in [0.25, 0.3) is 0 Å². The van der Waals surface area contributed by atoms with Crippen molar-refractivity contribution in [1.29, 1.82) is 5.41 Å². The van der Waals surface area contributed by atoms with Crippen molar-refractivity contribution >= 4 is 19.7 Å². The maximum absolute atomic E-state index is 8.88. The van der Waals surface area contributed by atoms with Crippen molar-refractivity contribution in [2.75, 3.05) is 26.3 Å². The highest BCUT2D eigenvalue weighted by molar-refractivity contribution is 7.45. The van der Waals surface area contributed by atoms with Crippen LogP contribution in [-0.4, -0.2) is 57.8 Å². The lowest BCUT2D eigenvalue weighted by Gasteiger charge is -2.26. The van der Waals surface area contributed by atoms with Crippen molar-refractivity contribution in [2.45, 2.75) is 0 Å². The lowest BCUT2D eigenvalue weighted by Crippen LogP contribution is -2.41. The zero-order chi connectivity index (χ0) is 13.5. The minimum atomic E-state index is -4.64. The highest BCUT2D eigenvalue weighted by atomic mass is 31.2. The number of ether oxygens (including phenoxy) is 1. The van der Waals surface area contributed by atoms with E-state index in [0.717, 1.165) is 0 Å². The van der Waals surface area contributed by atoms with Crippen LogP contribution in [0.5, 0.6) is 0 Å². The van der Waals surface area contributed by atoms with Gasteiger partial charge in [-0.1, -0.05) is 0 Å². The molecular formula is C6H16N5O5P. The second-order valence-corrected chi connectivity index (χ2v) is 4.00. The van der Waals surface area contributed by atoms with Crippen molar-refractivity contribution in [3.8, 4) is 0 Å². The number of phosphoric acid groups is 1. The highest BCUT2D eigenvalue weighted by Gasteiger charge is 2.12. The fourth-order valence-electron chi connectivity index (χ4n) is 0.968. The van der Waals surface area contributed by atoms with Gasteiger partial charge in [-0.3, -0.25) is 5.41 Å². The molecule has 1 aliphatic rings. The van der Waals surface area contributed by atoms with Gasteiger partial charge in [0.25, 0.3) is 0 Å². The Kier molecular flexibility index (Phi) is 6.69. The lowest BCUT2D eigenvalue weighted by atomic mass is 10.4. The van der Waals surface area contributed by atoms with Gasteiger partial charge < -0.3 is 35.8 Å². The van der Waals surface area contributed by atoms with Crippen LogP contribution in [0.2, 0.25) is 0 Å². The van der Waals surface area contributed by atoms with Crippen LogP contribution in [0.15, 0.2) is 4.99 Å². The van der Waals surface area contributed by atoms with Crippen LogP contribution in [0.3, 0.4) is 0 Å². The molecule has 0 spiro atoms. The Morgan fingerprint density at radius 3 is 2.06 bits per heavy atom. The molecule has 1 saturated heterocycles. The van der Waals surface area contributed by atoms with Crippen LogP contribution in [0.1, 0.15) is 0 Å². The first-order valence-electron chi connectivity index (χ1n) is 4.49. The molecule has 11 heteroatoms. The summed E-state index contributed by atoms with van der Waals surface area (Å²) in [6, 6.07) is 0. The molecule has 0 radical (unpaired) electrons. The van der Waals surface area contributed by atoms with Gasteiger partial charge in [0.15, 0.2) is 5.96 Å². The van der Waals surface area contributed by atoms with Gasteiger partial charge in [-0.2, -0.15) is 4.99 Å². The van der Waals surface area contributed by atoms with Gasteiger partial charge in [-0.15, -0.1) is 0 Å². The number of rotatable bonds is 0. The van der Waals surface area contributed by atoms with Crippen molar-refractivity contribution in [2.24, 2.45) is 16.5 Å². The number of nitrogens with two attached hydrogens (primary N) is 2. The summed E-state index contributed by atoms with van der Waals surface area (Å²) in [6.45, 7) is 2.61. The summed E-state index contributed by atoms with van der Waals surface area (Å²) in [6.07, 6.45) is 0. The first-order valence-corrected chi connectivity index (χ1v) is 6.06. The van der Waals surface area contributed by atoms with E-state index in [1.165, 1.54) is 0 Å². The van der Waals surface area contributed by atoms with E-state index in [1.807, 2.05) is 0 Å². The van der Waals surface area contributed by atoms with E-state index in [2.05, 4.69) is 4.99 Å². The second-order valence-electron chi connectivity index (χ2n) is 2.97. The number of nitrogens with zero attached hydrogens (tertiary/aromatic N) is 2. The van der Waals surface area contributed by atoms with Gasteiger partial charge >= 0.3 is 7.82 Å².